The van der Waals surface area contributed by atoms with Crippen LogP contribution >= 0.6 is 0 Å². The lowest BCUT2D eigenvalue weighted by atomic mass is 9.96. The van der Waals surface area contributed by atoms with Gasteiger partial charge in [-0.1, -0.05) is 0 Å². The van der Waals surface area contributed by atoms with Crippen molar-refractivity contribution in [2.45, 2.75) is 25.3 Å². The first kappa shape index (κ1) is 17.9. The van der Waals surface area contributed by atoms with Crippen LogP contribution < -0.4 is 26.4 Å². The van der Waals surface area contributed by atoms with Crippen molar-refractivity contribution in [2.75, 3.05) is 24.5 Å². The van der Waals surface area contributed by atoms with E-state index in [0.717, 1.165) is 31.6 Å². The van der Waals surface area contributed by atoms with Crippen molar-refractivity contribution in [3.8, 4) is 0 Å². The molecular weight excluding hydrogens is 340 g/mol. The fourth-order valence-corrected chi connectivity index (χ4v) is 3.15. The maximum Gasteiger partial charge on any atom is 0.322 e. The van der Waals surface area contributed by atoms with E-state index in [-0.39, 0.29) is 17.9 Å². The SMILES string of the molecule is Cn1ncc(N2CCC(CNC(=O)C[C@@H]3NC(=O)NC3=O)CC2)cc1=O. The quantitative estimate of drug-likeness (QED) is 0.560. The van der Waals surface area contributed by atoms with Crippen molar-refractivity contribution in [2.24, 2.45) is 13.0 Å². The first-order valence-electron chi connectivity index (χ1n) is 8.59. The highest BCUT2D eigenvalue weighted by atomic mass is 16.2. The number of nitrogens with zero attached hydrogens (tertiary/aromatic N) is 3. The van der Waals surface area contributed by atoms with E-state index in [1.807, 2.05) is 0 Å². The predicted octanol–water partition coefficient (Wildman–Crippen LogP) is -1.29. The number of aromatic nitrogens is 2. The average Bonchev–Trinajstić information content (AvgIpc) is 2.93. The van der Waals surface area contributed by atoms with Gasteiger partial charge in [0.15, 0.2) is 0 Å². The van der Waals surface area contributed by atoms with Crippen LogP contribution in [0.15, 0.2) is 17.1 Å². The van der Waals surface area contributed by atoms with Gasteiger partial charge in [-0.2, -0.15) is 5.10 Å². The van der Waals surface area contributed by atoms with Crippen LogP contribution in [0.3, 0.4) is 0 Å². The van der Waals surface area contributed by atoms with Gasteiger partial charge in [-0.3, -0.25) is 19.7 Å². The molecule has 0 radical (unpaired) electrons. The lowest BCUT2D eigenvalue weighted by Gasteiger charge is -2.33. The van der Waals surface area contributed by atoms with Crippen LogP contribution in [0, 0.1) is 5.92 Å². The number of nitrogens with one attached hydrogen (secondary N) is 3. The molecule has 26 heavy (non-hydrogen) atoms. The van der Waals surface area contributed by atoms with Crippen LogP contribution in [0.2, 0.25) is 0 Å². The highest BCUT2D eigenvalue weighted by molar-refractivity contribution is 6.05. The van der Waals surface area contributed by atoms with Gasteiger partial charge < -0.3 is 15.5 Å². The molecule has 1 aromatic rings. The van der Waals surface area contributed by atoms with Crippen molar-refractivity contribution < 1.29 is 14.4 Å². The van der Waals surface area contributed by atoms with Crippen molar-refractivity contribution in [1.82, 2.24) is 25.7 Å². The number of hydrogen-bond donors (Lipinski definition) is 3. The molecule has 140 valence electrons. The van der Waals surface area contributed by atoms with E-state index in [1.54, 1.807) is 19.3 Å². The summed E-state index contributed by atoms with van der Waals surface area (Å²) in [7, 11) is 1.61. The molecule has 2 aliphatic heterocycles. The molecule has 0 saturated carbocycles. The Morgan fingerprint density at radius 1 is 1.31 bits per heavy atom. The summed E-state index contributed by atoms with van der Waals surface area (Å²) in [6.07, 6.45) is 3.39. The molecule has 3 N–H and O–H groups in total. The van der Waals surface area contributed by atoms with E-state index in [2.05, 4.69) is 25.9 Å². The number of rotatable bonds is 5. The summed E-state index contributed by atoms with van der Waals surface area (Å²) in [6.45, 7) is 2.11. The molecule has 3 heterocycles. The average molecular weight is 362 g/mol. The Balaban J connectivity index is 1.42. The van der Waals surface area contributed by atoms with Gasteiger partial charge in [0.2, 0.25) is 5.91 Å². The van der Waals surface area contributed by atoms with Gasteiger partial charge in [0.1, 0.15) is 6.04 Å². The number of carbonyl (C=O) groups is 3. The third-order valence-electron chi connectivity index (χ3n) is 4.77. The predicted molar refractivity (Wildman–Crippen MR) is 92.5 cm³/mol. The molecule has 10 nitrogen and oxygen atoms in total. The monoisotopic (exact) mass is 362 g/mol. The molecule has 2 saturated heterocycles. The van der Waals surface area contributed by atoms with Gasteiger partial charge in [-0.25, -0.2) is 9.48 Å². The molecule has 10 heteroatoms. The first-order valence-corrected chi connectivity index (χ1v) is 8.59. The molecule has 2 aliphatic rings. The van der Waals surface area contributed by atoms with Gasteiger partial charge in [0, 0.05) is 32.7 Å². The second kappa shape index (κ2) is 7.54. The van der Waals surface area contributed by atoms with Gasteiger partial charge >= 0.3 is 6.03 Å². The maximum absolute atomic E-state index is 12.0. The van der Waals surface area contributed by atoms with E-state index in [4.69, 9.17) is 0 Å². The molecule has 2 fully saturated rings. The van der Waals surface area contributed by atoms with Crippen LogP contribution in [0.25, 0.3) is 0 Å². The van der Waals surface area contributed by atoms with Crippen molar-refractivity contribution in [1.29, 1.82) is 0 Å². The second-order valence-corrected chi connectivity index (χ2v) is 6.63. The fourth-order valence-electron chi connectivity index (χ4n) is 3.15. The number of aryl methyl sites for hydroxylation is 1. The van der Waals surface area contributed by atoms with Gasteiger partial charge in [0.25, 0.3) is 11.5 Å². The van der Waals surface area contributed by atoms with Gasteiger partial charge in [-0.05, 0) is 18.8 Å². The summed E-state index contributed by atoms with van der Waals surface area (Å²) in [5.41, 5.74) is 0.679. The molecule has 1 aromatic heterocycles. The lowest BCUT2D eigenvalue weighted by molar-refractivity contribution is -0.126. The van der Waals surface area contributed by atoms with Crippen LogP contribution in [0.4, 0.5) is 10.5 Å². The largest absolute Gasteiger partial charge is 0.370 e. The Morgan fingerprint density at radius 3 is 2.65 bits per heavy atom. The zero-order valence-corrected chi connectivity index (χ0v) is 14.5. The summed E-state index contributed by atoms with van der Waals surface area (Å²) in [6, 6.07) is 0.221. The normalized spacial score (nSPS) is 20.7. The number of imide groups is 1. The number of hydrogen-bond acceptors (Lipinski definition) is 6. The highest BCUT2D eigenvalue weighted by Gasteiger charge is 2.31. The Labute approximate surface area is 149 Å². The zero-order valence-electron chi connectivity index (χ0n) is 14.5. The Bertz CT molecular complexity index is 768. The molecule has 0 aliphatic carbocycles. The van der Waals surface area contributed by atoms with Crippen LogP contribution in [-0.2, 0) is 16.6 Å². The molecule has 4 amide bonds. The van der Waals surface area contributed by atoms with Gasteiger partial charge in [-0.15, -0.1) is 0 Å². The van der Waals surface area contributed by atoms with E-state index >= 15 is 0 Å². The van der Waals surface area contributed by atoms with Crippen LogP contribution in [-0.4, -0.2) is 53.3 Å². The minimum Gasteiger partial charge on any atom is -0.370 e. The Kier molecular flexibility index (Phi) is 5.19. The summed E-state index contributed by atoms with van der Waals surface area (Å²) in [4.78, 5) is 48.2. The van der Waals surface area contributed by atoms with E-state index in [9.17, 15) is 19.2 Å². The maximum atomic E-state index is 12.0. The van der Waals surface area contributed by atoms with Crippen molar-refractivity contribution in [3.63, 3.8) is 0 Å². The summed E-state index contributed by atoms with van der Waals surface area (Å²) in [5.74, 6) is -0.395. The Morgan fingerprint density at radius 2 is 2.04 bits per heavy atom. The summed E-state index contributed by atoms with van der Waals surface area (Å²) in [5, 5.41) is 11.4. The minimum absolute atomic E-state index is 0.0601. The van der Waals surface area contributed by atoms with Crippen LogP contribution in [0.1, 0.15) is 19.3 Å². The van der Waals surface area contributed by atoms with Crippen molar-refractivity contribution >= 4 is 23.5 Å². The summed E-state index contributed by atoms with van der Waals surface area (Å²) >= 11 is 0. The van der Waals surface area contributed by atoms with Crippen LogP contribution in [0.5, 0.6) is 0 Å². The van der Waals surface area contributed by atoms with E-state index in [0.29, 0.717) is 12.5 Å². The molecule has 1 atom stereocenters. The van der Waals surface area contributed by atoms with Crippen molar-refractivity contribution in [3.05, 3.63) is 22.6 Å². The minimum atomic E-state index is -0.794. The zero-order chi connectivity index (χ0) is 18.7. The second-order valence-electron chi connectivity index (χ2n) is 6.63. The molecule has 0 spiro atoms. The standard InChI is InChI=1S/C16H22N6O4/c1-21-14(24)6-11(9-18-21)22-4-2-10(3-5-22)8-17-13(23)7-12-15(25)20-16(26)19-12/h6,9-10,12H,2-5,7-8H2,1H3,(H,17,23)(H2,19,20,25,26)/t12-/m0/s1. The fraction of sp³-hybridized carbons (Fsp3) is 0.562. The topological polar surface area (TPSA) is 125 Å². The Hall–Kier alpha value is -2.91. The highest BCUT2D eigenvalue weighted by Crippen LogP contribution is 2.21. The van der Waals surface area contributed by atoms with E-state index in [1.165, 1.54) is 4.68 Å². The molecule has 0 unspecified atom stereocenters. The third-order valence-corrected chi connectivity index (χ3v) is 4.77. The van der Waals surface area contributed by atoms with Gasteiger partial charge in [0.05, 0.1) is 18.3 Å². The molecule has 0 bridgehead atoms. The first-order chi connectivity index (χ1) is 12.4. The number of anilines is 1. The number of urea groups is 1. The lowest BCUT2D eigenvalue weighted by Crippen LogP contribution is -2.41. The van der Waals surface area contributed by atoms with E-state index < -0.39 is 18.0 Å². The molecule has 3 rings (SSSR count). The smallest absolute Gasteiger partial charge is 0.322 e. The summed E-state index contributed by atoms with van der Waals surface area (Å²) < 4.78 is 1.29. The number of piperidine rings is 1. The molecular formula is C16H22N6O4. The number of amides is 4. The number of carbonyl (C=O) groups excluding carboxylic acids is 3. The third kappa shape index (κ3) is 4.19. The molecule has 0 aromatic carbocycles.